The Morgan fingerprint density at radius 1 is 1.25 bits per heavy atom. The molecule has 1 heterocycles. The van der Waals surface area contributed by atoms with Gasteiger partial charge in [-0.05, 0) is 49.6 Å². The van der Waals surface area contributed by atoms with E-state index in [9.17, 15) is 4.39 Å². The molecule has 0 saturated carbocycles. The maximum absolute atomic E-state index is 13.7. The highest BCUT2D eigenvalue weighted by Gasteiger charge is 2.13. The number of rotatable bonds is 6. The summed E-state index contributed by atoms with van der Waals surface area (Å²) in [6.07, 6.45) is 5.32. The molecule has 2 rings (SSSR count). The summed E-state index contributed by atoms with van der Waals surface area (Å²) < 4.78 is 19.4. The van der Waals surface area contributed by atoms with Crippen LogP contribution >= 0.6 is 0 Å². The molecule has 3 nitrogen and oxygen atoms in total. The molecule has 1 unspecified atom stereocenters. The standard InChI is InChI=1S/C16H19FN2O/c1-12(18)16-14(17)5-2-6-15(16)20-11-3-4-13-7-9-19-10-8-13/h2,5-10,12H,3-4,11,18H2,1H3. The number of nitrogens with zero attached hydrogens (tertiary/aromatic N) is 1. The van der Waals surface area contributed by atoms with E-state index >= 15 is 0 Å². The molecule has 0 amide bonds. The third-order valence-corrected chi connectivity index (χ3v) is 3.08. The molecule has 20 heavy (non-hydrogen) atoms. The van der Waals surface area contributed by atoms with Gasteiger partial charge in [-0.15, -0.1) is 0 Å². The Morgan fingerprint density at radius 3 is 2.70 bits per heavy atom. The van der Waals surface area contributed by atoms with Gasteiger partial charge < -0.3 is 10.5 Å². The SMILES string of the molecule is CC(N)c1c(F)cccc1OCCCc1ccncc1. The van der Waals surface area contributed by atoms with Gasteiger partial charge in [-0.2, -0.15) is 0 Å². The molecule has 2 N–H and O–H groups in total. The second-order valence-electron chi connectivity index (χ2n) is 4.75. The molecule has 1 aromatic heterocycles. The minimum Gasteiger partial charge on any atom is -0.493 e. The number of aryl methyl sites for hydroxylation is 1. The maximum atomic E-state index is 13.7. The summed E-state index contributed by atoms with van der Waals surface area (Å²) in [5.74, 6) is 0.223. The molecule has 4 heteroatoms. The van der Waals surface area contributed by atoms with Gasteiger partial charge in [0.05, 0.1) is 6.61 Å². The summed E-state index contributed by atoms with van der Waals surface area (Å²) in [4.78, 5) is 3.98. The Bertz CT molecular complexity index is 543. The molecule has 0 aliphatic carbocycles. The molecule has 0 aliphatic heterocycles. The lowest BCUT2D eigenvalue weighted by Crippen LogP contribution is -2.11. The number of pyridine rings is 1. The second kappa shape index (κ2) is 7.01. The first-order chi connectivity index (χ1) is 9.68. The number of halogens is 1. The van der Waals surface area contributed by atoms with E-state index in [1.807, 2.05) is 12.1 Å². The van der Waals surface area contributed by atoms with Crippen molar-refractivity contribution in [1.82, 2.24) is 4.98 Å². The second-order valence-corrected chi connectivity index (χ2v) is 4.75. The molecule has 2 aromatic rings. The predicted molar refractivity (Wildman–Crippen MR) is 77.1 cm³/mol. The first-order valence-corrected chi connectivity index (χ1v) is 6.74. The Labute approximate surface area is 118 Å². The highest BCUT2D eigenvalue weighted by Crippen LogP contribution is 2.26. The number of ether oxygens (including phenoxy) is 1. The van der Waals surface area contributed by atoms with Crippen molar-refractivity contribution in [3.63, 3.8) is 0 Å². The van der Waals surface area contributed by atoms with Gasteiger partial charge in [-0.3, -0.25) is 4.98 Å². The van der Waals surface area contributed by atoms with Gasteiger partial charge in [-0.25, -0.2) is 4.39 Å². The fourth-order valence-electron chi connectivity index (χ4n) is 2.09. The Morgan fingerprint density at radius 2 is 2.00 bits per heavy atom. The molecule has 1 atom stereocenters. The summed E-state index contributed by atoms with van der Waals surface area (Å²) in [5, 5.41) is 0. The number of hydrogen-bond acceptors (Lipinski definition) is 3. The van der Waals surface area contributed by atoms with E-state index in [1.54, 1.807) is 31.5 Å². The third kappa shape index (κ3) is 3.78. The lowest BCUT2D eigenvalue weighted by atomic mass is 10.1. The van der Waals surface area contributed by atoms with Gasteiger partial charge in [0, 0.05) is 24.0 Å². The van der Waals surface area contributed by atoms with Gasteiger partial charge >= 0.3 is 0 Å². The van der Waals surface area contributed by atoms with Crippen LogP contribution in [0.5, 0.6) is 5.75 Å². The molecule has 106 valence electrons. The van der Waals surface area contributed by atoms with Crippen LogP contribution in [0.3, 0.4) is 0 Å². The molecule has 0 spiro atoms. The largest absolute Gasteiger partial charge is 0.493 e. The van der Waals surface area contributed by atoms with Crippen LogP contribution < -0.4 is 10.5 Å². The summed E-state index contributed by atoms with van der Waals surface area (Å²) in [5.41, 5.74) is 7.44. The van der Waals surface area contributed by atoms with Crippen LogP contribution in [-0.2, 0) is 6.42 Å². The van der Waals surface area contributed by atoms with Gasteiger partial charge in [0.2, 0.25) is 0 Å². The Balaban J connectivity index is 1.90. The van der Waals surface area contributed by atoms with E-state index in [4.69, 9.17) is 10.5 Å². The fraction of sp³-hybridized carbons (Fsp3) is 0.312. The van der Waals surface area contributed by atoms with E-state index in [2.05, 4.69) is 4.98 Å². The van der Waals surface area contributed by atoms with Crippen molar-refractivity contribution in [3.05, 3.63) is 59.7 Å². The van der Waals surface area contributed by atoms with Crippen LogP contribution in [0.2, 0.25) is 0 Å². The van der Waals surface area contributed by atoms with Crippen LogP contribution in [-0.4, -0.2) is 11.6 Å². The smallest absolute Gasteiger partial charge is 0.131 e. The highest BCUT2D eigenvalue weighted by molar-refractivity contribution is 5.36. The maximum Gasteiger partial charge on any atom is 0.131 e. The molecule has 0 radical (unpaired) electrons. The monoisotopic (exact) mass is 274 g/mol. The molecule has 1 aromatic carbocycles. The first kappa shape index (κ1) is 14.5. The van der Waals surface area contributed by atoms with Crippen LogP contribution in [0, 0.1) is 5.82 Å². The fourth-order valence-corrected chi connectivity index (χ4v) is 2.09. The molecule has 0 bridgehead atoms. The van der Waals surface area contributed by atoms with Crippen LogP contribution in [0.4, 0.5) is 4.39 Å². The summed E-state index contributed by atoms with van der Waals surface area (Å²) in [6.45, 7) is 2.29. The lowest BCUT2D eigenvalue weighted by Gasteiger charge is -2.14. The Hall–Kier alpha value is -1.94. The zero-order chi connectivity index (χ0) is 14.4. The van der Waals surface area contributed by atoms with Crippen molar-refractivity contribution in [2.24, 2.45) is 5.73 Å². The average molecular weight is 274 g/mol. The summed E-state index contributed by atoms with van der Waals surface area (Å²) in [6, 6.07) is 8.38. The van der Waals surface area contributed by atoms with Gasteiger partial charge in [0.1, 0.15) is 11.6 Å². The molecule has 0 aliphatic rings. The summed E-state index contributed by atoms with van der Waals surface area (Å²) >= 11 is 0. The van der Waals surface area contributed by atoms with Crippen LogP contribution in [0.25, 0.3) is 0 Å². The zero-order valence-electron chi connectivity index (χ0n) is 11.6. The average Bonchev–Trinajstić information content (AvgIpc) is 2.44. The minimum absolute atomic E-state index is 0.313. The zero-order valence-corrected chi connectivity index (χ0v) is 11.6. The van der Waals surface area contributed by atoms with Crippen molar-refractivity contribution in [1.29, 1.82) is 0 Å². The topological polar surface area (TPSA) is 48.1 Å². The number of nitrogens with two attached hydrogens (primary N) is 1. The van der Waals surface area contributed by atoms with Crippen LogP contribution in [0.1, 0.15) is 30.5 Å². The van der Waals surface area contributed by atoms with Crippen molar-refractivity contribution >= 4 is 0 Å². The number of aromatic nitrogens is 1. The predicted octanol–water partition coefficient (Wildman–Crippen LogP) is 3.25. The number of hydrogen-bond donors (Lipinski definition) is 1. The quantitative estimate of drug-likeness (QED) is 0.823. The van der Waals surface area contributed by atoms with Gasteiger partial charge in [-0.1, -0.05) is 6.07 Å². The van der Waals surface area contributed by atoms with Gasteiger partial charge in [0.25, 0.3) is 0 Å². The van der Waals surface area contributed by atoms with E-state index in [0.717, 1.165) is 12.8 Å². The van der Waals surface area contributed by atoms with E-state index < -0.39 is 0 Å². The highest BCUT2D eigenvalue weighted by atomic mass is 19.1. The van der Waals surface area contributed by atoms with E-state index in [0.29, 0.717) is 17.9 Å². The van der Waals surface area contributed by atoms with Crippen LogP contribution in [0.15, 0.2) is 42.7 Å². The molecular weight excluding hydrogens is 255 g/mol. The Kier molecular flexibility index (Phi) is 5.07. The van der Waals surface area contributed by atoms with Crippen molar-refractivity contribution in [2.45, 2.75) is 25.8 Å². The van der Waals surface area contributed by atoms with Crippen molar-refractivity contribution < 1.29 is 9.13 Å². The number of benzene rings is 1. The van der Waals surface area contributed by atoms with Crippen molar-refractivity contribution in [3.8, 4) is 5.75 Å². The molecular formula is C16H19FN2O. The van der Waals surface area contributed by atoms with E-state index in [1.165, 1.54) is 11.6 Å². The van der Waals surface area contributed by atoms with Gasteiger partial charge in [0.15, 0.2) is 0 Å². The third-order valence-electron chi connectivity index (χ3n) is 3.08. The normalized spacial score (nSPS) is 12.2. The van der Waals surface area contributed by atoms with E-state index in [-0.39, 0.29) is 11.9 Å². The summed E-state index contributed by atoms with van der Waals surface area (Å²) in [7, 11) is 0. The minimum atomic E-state index is -0.383. The lowest BCUT2D eigenvalue weighted by molar-refractivity contribution is 0.304. The molecule has 0 fully saturated rings. The first-order valence-electron chi connectivity index (χ1n) is 6.74. The molecule has 0 saturated heterocycles. The van der Waals surface area contributed by atoms with Crippen molar-refractivity contribution in [2.75, 3.05) is 6.61 Å².